The predicted octanol–water partition coefficient (Wildman–Crippen LogP) is 2.24. The molecule has 1 aromatic carbocycles. The van der Waals surface area contributed by atoms with Gasteiger partial charge in [-0.05, 0) is 25.0 Å². The summed E-state index contributed by atoms with van der Waals surface area (Å²) in [6.07, 6.45) is -1.78. The van der Waals surface area contributed by atoms with Crippen LogP contribution in [0.2, 0.25) is 0 Å². The molecule has 1 unspecified atom stereocenters. The number of ether oxygens (including phenoxy) is 1. The van der Waals surface area contributed by atoms with E-state index in [4.69, 9.17) is 9.57 Å². The smallest absolute Gasteiger partial charge is 0.413 e. The van der Waals surface area contributed by atoms with Gasteiger partial charge in [-0.2, -0.15) is 0 Å². The van der Waals surface area contributed by atoms with Gasteiger partial charge < -0.3 is 9.64 Å². The van der Waals surface area contributed by atoms with E-state index in [9.17, 15) is 18.0 Å². The number of likely N-dealkylation sites (N-methyl/N-ethyl adjacent to an activating group) is 1. The van der Waals surface area contributed by atoms with E-state index in [1.807, 2.05) is 18.7 Å². The summed E-state index contributed by atoms with van der Waals surface area (Å²) in [6, 6.07) is 8.20. The van der Waals surface area contributed by atoms with Crippen molar-refractivity contribution in [3.63, 3.8) is 0 Å². The van der Waals surface area contributed by atoms with Crippen LogP contribution in [0.25, 0.3) is 0 Å². The SMILES string of the molecule is CCN1CC(OC(=O)Nc2ccccc2)N(c2nnc(S(=O)(=O)NOCC(C)C)s2)C1=O. The average Bonchev–Trinajstić information content (AvgIpc) is 3.33. The minimum Gasteiger partial charge on any atom is -0.423 e. The summed E-state index contributed by atoms with van der Waals surface area (Å²) in [4.78, 5) is 34.6. The maximum Gasteiger partial charge on any atom is 0.413 e. The second kappa shape index (κ2) is 10.2. The van der Waals surface area contributed by atoms with E-state index in [-0.39, 0.29) is 28.5 Å². The molecule has 1 saturated heterocycles. The van der Waals surface area contributed by atoms with Crippen molar-refractivity contribution in [3.8, 4) is 0 Å². The number of carbonyl (C=O) groups excluding carboxylic acids is 2. The van der Waals surface area contributed by atoms with Gasteiger partial charge in [0.15, 0.2) is 0 Å². The lowest BCUT2D eigenvalue weighted by Crippen LogP contribution is -2.38. The summed E-state index contributed by atoms with van der Waals surface area (Å²) in [6.45, 7) is 6.13. The topological polar surface area (TPSA) is 143 Å². The number of anilines is 2. The van der Waals surface area contributed by atoms with Crippen LogP contribution in [0.3, 0.4) is 0 Å². The number of hydrogen-bond donors (Lipinski definition) is 2. The monoisotopic (exact) mass is 484 g/mol. The number of benzene rings is 1. The lowest BCUT2D eigenvalue weighted by Gasteiger charge is -2.19. The first kappa shape index (κ1) is 23.8. The van der Waals surface area contributed by atoms with Crippen LogP contribution in [0.1, 0.15) is 20.8 Å². The molecule has 174 valence electrons. The van der Waals surface area contributed by atoms with E-state index >= 15 is 0 Å². The van der Waals surface area contributed by atoms with Gasteiger partial charge in [0.25, 0.3) is 14.4 Å². The number of nitrogens with one attached hydrogen (secondary N) is 2. The molecule has 3 amide bonds. The summed E-state index contributed by atoms with van der Waals surface area (Å²) in [7, 11) is -4.08. The quantitative estimate of drug-likeness (QED) is 0.407. The first-order chi connectivity index (χ1) is 15.2. The summed E-state index contributed by atoms with van der Waals surface area (Å²) >= 11 is 0.661. The minimum atomic E-state index is -4.08. The Labute approximate surface area is 189 Å². The highest BCUT2D eigenvalue weighted by atomic mass is 32.2. The fourth-order valence-corrected chi connectivity index (χ4v) is 4.52. The van der Waals surface area contributed by atoms with Crippen molar-refractivity contribution >= 4 is 44.3 Å². The number of sulfonamides is 1. The van der Waals surface area contributed by atoms with Crippen LogP contribution in [0.4, 0.5) is 20.4 Å². The molecule has 0 radical (unpaired) electrons. The number of nitrogens with zero attached hydrogens (tertiary/aromatic N) is 4. The van der Waals surface area contributed by atoms with Crippen molar-refractivity contribution in [3.05, 3.63) is 30.3 Å². The summed E-state index contributed by atoms with van der Waals surface area (Å²) in [5.74, 6) is 0.116. The molecule has 0 spiro atoms. The lowest BCUT2D eigenvalue weighted by atomic mass is 10.2. The number of urea groups is 1. The normalized spacial score (nSPS) is 16.6. The van der Waals surface area contributed by atoms with Gasteiger partial charge in [0, 0.05) is 12.2 Å². The predicted molar refractivity (Wildman–Crippen MR) is 116 cm³/mol. The molecule has 0 bridgehead atoms. The average molecular weight is 485 g/mol. The van der Waals surface area contributed by atoms with Crippen molar-refractivity contribution < 1.29 is 27.6 Å². The Kier molecular flexibility index (Phi) is 7.60. The molecule has 1 aliphatic rings. The van der Waals surface area contributed by atoms with Crippen LogP contribution in [-0.4, -0.2) is 61.6 Å². The third-order valence-electron chi connectivity index (χ3n) is 4.20. The van der Waals surface area contributed by atoms with Crippen LogP contribution in [0, 0.1) is 5.92 Å². The van der Waals surface area contributed by atoms with Crippen LogP contribution in [0.15, 0.2) is 34.7 Å². The number of hydrogen-bond acceptors (Lipinski definition) is 9. The van der Waals surface area contributed by atoms with Crippen molar-refractivity contribution in [2.75, 3.05) is 29.9 Å². The highest BCUT2D eigenvalue weighted by Crippen LogP contribution is 2.30. The van der Waals surface area contributed by atoms with Crippen molar-refractivity contribution in [2.24, 2.45) is 5.92 Å². The molecule has 3 rings (SSSR count). The molecule has 1 aliphatic heterocycles. The Hall–Kier alpha value is -2.81. The first-order valence-corrected chi connectivity index (χ1v) is 12.1. The fraction of sp³-hybridized carbons (Fsp3) is 0.444. The molecule has 1 atom stereocenters. The van der Waals surface area contributed by atoms with E-state index in [0.717, 1.165) is 4.90 Å². The van der Waals surface area contributed by atoms with Gasteiger partial charge in [-0.25, -0.2) is 22.9 Å². The second-order valence-electron chi connectivity index (χ2n) is 7.18. The number of amides is 3. The molecular weight excluding hydrogens is 460 g/mol. The Morgan fingerprint density at radius 3 is 2.66 bits per heavy atom. The van der Waals surface area contributed by atoms with Crippen molar-refractivity contribution in [1.29, 1.82) is 0 Å². The molecule has 2 aromatic rings. The first-order valence-electron chi connectivity index (χ1n) is 9.79. The van der Waals surface area contributed by atoms with Gasteiger partial charge in [-0.3, -0.25) is 10.2 Å². The van der Waals surface area contributed by atoms with E-state index in [1.54, 1.807) is 37.3 Å². The number of rotatable bonds is 9. The Balaban J connectivity index is 1.75. The van der Waals surface area contributed by atoms with Crippen molar-refractivity contribution in [2.45, 2.75) is 31.3 Å². The van der Waals surface area contributed by atoms with Gasteiger partial charge in [-0.15, -0.1) is 10.2 Å². The van der Waals surface area contributed by atoms with Gasteiger partial charge in [0.1, 0.15) is 0 Å². The third kappa shape index (κ3) is 5.70. The van der Waals surface area contributed by atoms with Crippen LogP contribution < -0.4 is 15.1 Å². The molecule has 1 fully saturated rings. The maximum absolute atomic E-state index is 12.8. The molecule has 14 heteroatoms. The fourth-order valence-electron chi connectivity index (χ4n) is 2.70. The number of aromatic nitrogens is 2. The van der Waals surface area contributed by atoms with Gasteiger partial charge >= 0.3 is 12.1 Å². The van der Waals surface area contributed by atoms with Gasteiger partial charge in [-0.1, -0.05) is 48.3 Å². The van der Waals surface area contributed by atoms with Crippen LogP contribution in [-0.2, 0) is 19.6 Å². The molecule has 2 N–H and O–H groups in total. The zero-order valence-corrected chi connectivity index (χ0v) is 19.4. The van der Waals surface area contributed by atoms with E-state index < -0.39 is 28.4 Å². The third-order valence-corrected chi connectivity index (χ3v) is 6.71. The minimum absolute atomic E-state index is 0.0207. The van der Waals surface area contributed by atoms with E-state index in [2.05, 4.69) is 15.5 Å². The summed E-state index contributed by atoms with van der Waals surface area (Å²) in [5, 5.41) is 10.1. The molecule has 12 nitrogen and oxygen atoms in total. The molecule has 32 heavy (non-hydrogen) atoms. The second-order valence-corrected chi connectivity index (χ2v) is 9.96. The highest BCUT2D eigenvalue weighted by Gasteiger charge is 2.42. The molecular formula is C18H24N6O6S2. The number of carbonyl (C=O) groups is 2. The Morgan fingerprint density at radius 1 is 1.28 bits per heavy atom. The van der Waals surface area contributed by atoms with E-state index in [0.29, 0.717) is 23.6 Å². The Bertz CT molecular complexity index is 1050. The zero-order chi connectivity index (χ0) is 23.3. The Morgan fingerprint density at radius 2 is 2.00 bits per heavy atom. The van der Waals surface area contributed by atoms with Crippen molar-refractivity contribution in [1.82, 2.24) is 20.0 Å². The zero-order valence-electron chi connectivity index (χ0n) is 17.7. The highest BCUT2D eigenvalue weighted by molar-refractivity contribution is 7.91. The summed E-state index contributed by atoms with van der Waals surface area (Å²) in [5.41, 5.74) is 0.525. The molecule has 0 aliphatic carbocycles. The van der Waals surface area contributed by atoms with Gasteiger partial charge in [0.2, 0.25) is 11.4 Å². The largest absolute Gasteiger partial charge is 0.423 e. The lowest BCUT2D eigenvalue weighted by molar-refractivity contribution is 0.0718. The molecule has 1 aromatic heterocycles. The molecule has 2 heterocycles. The summed E-state index contributed by atoms with van der Waals surface area (Å²) < 4.78 is 29.8. The maximum atomic E-state index is 12.8. The van der Waals surface area contributed by atoms with Crippen LogP contribution in [0.5, 0.6) is 0 Å². The number of para-hydroxylation sites is 1. The molecule has 0 saturated carbocycles. The standard InChI is InChI=1S/C18H24N6O6S2/c1-4-23-10-14(30-16(25)19-13-8-6-5-7-9-13)24(18(23)26)15-20-21-17(31-15)32(27,28)22-29-11-12(2)3/h5-9,12,14,22H,4,10-11H2,1-3H3,(H,19,25). The van der Waals surface area contributed by atoms with Gasteiger partial charge in [0.05, 0.1) is 13.2 Å². The van der Waals surface area contributed by atoms with E-state index in [1.165, 1.54) is 4.90 Å². The van der Waals surface area contributed by atoms with Crippen LogP contribution >= 0.6 is 11.3 Å².